The topological polar surface area (TPSA) is 30.5 Å². The van der Waals surface area contributed by atoms with Crippen molar-refractivity contribution in [2.24, 2.45) is 0 Å². The molecule has 0 aromatic heterocycles. The zero-order valence-corrected chi connectivity index (χ0v) is 12.3. The highest BCUT2D eigenvalue weighted by molar-refractivity contribution is 5.32. The summed E-state index contributed by atoms with van der Waals surface area (Å²) >= 11 is 0. The van der Waals surface area contributed by atoms with Crippen molar-refractivity contribution in [2.75, 3.05) is 13.7 Å². The summed E-state index contributed by atoms with van der Waals surface area (Å²) in [7, 11) is 1.69. The molecule has 1 fully saturated rings. The van der Waals surface area contributed by atoms with Crippen LogP contribution in [0.25, 0.3) is 0 Å². The summed E-state index contributed by atoms with van der Waals surface area (Å²) in [5.41, 5.74) is 1.15. The summed E-state index contributed by atoms with van der Waals surface area (Å²) in [5.74, 6) is 1.77. The predicted octanol–water partition coefficient (Wildman–Crippen LogP) is 3.57. The Morgan fingerprint density at radius 2 is 1.86 bits per heavy atom. The fourth-order valence-corrected chi connectivity index (χ4v) is 2.82. The van der Waals surface area contributed by atoms with Crippen LogP contribution < -0.4 is 14.8 Å². The standard InChI is InChI=1S/C18H21NO2/c1-20-16-10-5-7-14(13-16)18(17-11-6-12-19-17)21-15-8-3-2-4-9-15/h2-5,7-10,13,17-19H,6,11-12H2,1H3/t17-,18-/m0/s1. The van der Waals surface area contributed by atoms with Crippen LogP contribution in [0.5, 0.6) is 11.5 Å². The van der Waals surface area contributed by atoms with Crippen LogP contribution in [0.4, 0.5) is 0 Å². The Hall–Kier alpha value is -2.00. The van der Waals surface area contributed by atoms with Crippen molar-refractivity contribution in [3.8, 4) is 11.5 Å². The van der Waals surface area contributed by atoms with Gasteiger partial charge in [-0.1, -0.05) is 30.3 Å². The van der Waals surface area contributed by atoms with Crippen molar-refractivity contribution < 1.29 is 9.47 Å². The van der Waals surface area contributed by atoms with Crippen LogP contribution in [-0.4, -0.2) is 19.7 Å². The van der Waals surface area contributed by atoms with E-state index in [1.807, 2.05) is 42.5 Å². The summed E-state index contributed by atoms with van der Waals surface area (Å²) in [6, 6.07) is 18.5. The zero-order valence-electron chi connectivity index (χ0n) is 12.3. The molecule has 1 aliphatic heterocycles. The molecule has 0 unspecified atom stereocenters. The maximum Gasteiger partial charge on any atom is 0.139 e. The van der Waals surface area contributed by atoms with Crippen LogP contribution in [0.15, 0.2) is 54.6 Å². The molecule has 1 saturated heterocycles. The minimum Gasteiger partial charge on any atom is -0.497 e. The SMILES string of the molecule is COc1cccc([C@H](Oc2ccccc2)[C@@H]2CCCN2)c1. The molecule has 2 atom stereocenters. The van der Waals surface area contributed by atoms with Gasteiger partial charge >= 0.3 is 0 Å². The maximum atomic E-state index is 6.27. The van der Waals surface area contributed by atoms with E-state index >= 15 is 0 Å². The zero-order chi connectivity index (χ0) is 14.5. The third-order valence-corrected chi connectivity index (χ3v) is 3.89. The summed E-state index contributed by atoms with van der Waals surface area (Å²) in [6.45, 7) is 1.06. The lowest BCUT2D eigenvalue weighted by Gasteiger charge is -2.26. The molecule has 110 valence electrons. The summed E-state index contributed by atoms with van der Waals surface area (Å²) in [4.78, 5) is 0. The van der Waals surface area contributed by atoms with Crippen molar-refractivity contribution >= 4 is 0 Å². The molecule has 3 rings (SSSR count). The molecule has 21 heavy (non-hydrogen) atoms. The first kappa shape index (κ1) is 14.0. The van der Waals surface area contributed by atoms with Crippen LogP contribution in [0.2, 0.25) is 0 Å². The molecule has 1 heterocycles. The highest BCUT2D eigenvalue weighted by atomic mass is 16.5. The third-order valence-electron chi connectivity index (χ3n) is 3.89. The smallest absolute Gasteiger partial charge is 0.139 e. The Morgan fingerprint density at radius 3 is 2.57 bits per heavy atom. The highest BCUT2D eigenvalue weighted by Gasteiger charge is 2.28. The largest absolute Gasteiger partial charge is 0.497 e. The molecular weight excluding hydrogens is 262 g/mol. The highest BCUT2D eigenvalue weighted by Crippen LogP contribution is 2.30. The normalized spacial score (nSPS) is 19.2. The van der Waals surface area contributed by atoms with Crippen molar-refractivity contribution in [1.82, 2.24) is 5.32 Å². The lowest BCUT2D eigenvalue weighted by molar-refractivity contribution is 0.163. The minimum atomic E-state index is 0.00463. The third kappa shape index (κ3) is 3.37. The Kier molecular flexibility index (Phi) is 4.41. The van der Waals surface area contributed by atoms with Crippen molar-refractivity contribution in [1.29, 1.82) is 0 Å². The van der Waals surface area contributed by atoms with Crippen molar-refractivity contribution in [2.45, 2.75) is 25.0 Å². The first-order valence-corrected chi connectivity index (χ1v) is 7.46. The van der Waals surface area contributed by atoms with Gasteiger partial charge in [0, 0.05) is 6.04 Å². The van der Waals surface area contributed by atoms with E-state index < -0.39 is 0 Å². The van der Waals surface area contributed by atoms with E-state index in [2.05, 4.69) is 17.4 Å². The maximum absolute atomic E-state index is 6.27. The van der Waals surface area contributed by atoms with Gasteiger partial charge in [-0.3, -0.25) is 0 Å². The predicted molar refractivity (Wildman–Crippen MR) is 83.8 cm³/mol. The fraction of sp³-hybridized carbons (Fsp3) is 0.333. The van der Waals surface area contributed by atoms with Crippen LogP contribution in [0.1, 0.15) is 24.5 Å². The van der Waals surface area contributed by atoms with Gasteiger partial charge in [-0.15, -0.1) is 0 Å². The number of rotatable bonds is 5. The number of hydrogen-bond donors (Lipinski definition) is 1. The Labute approximate surface area is 125 Å². The summed E-state index contributed by atoms with van der Waals surface area (Å²) < 4.78 is 11.6. The molecule has 3 nitrogen and oxygen atoms in total. The second-order valence-corrected chi connectivity index (χ2v) is 5.33. The van der Waals surface area contributed by atoms with E-state index in [0.29, 0.717) is 6.04 Å². The van der Waals surface area contributed by atoms with E-state index in [1.165, 1.54) is 6.42 Å². The van der Waals surface area contributed by atoms with E-state index in [0.717, 1.165) is 30.0 Å². The van der Waals surface area contributed by atoms with Crippen molar-refractivity contribution in [3.63, 3.8) is 0 Å². The van der Waals surface area contributed by atoms with Crippen LogP contribution in [0, 0.1) is 0 Å². The van der Waals surface area contributed by atoms with Gasteiger partial charge in [0.15, 0.2) is 0 Å². The van der Waals surface area contributed by atoms with Gasteiger partial charge in [-0.05, 0) is 49.2 Å². The summed E-state index contributed by atoms with van der Waals surface area (Å²) in [5, 5.41) is 3.55. The first-order valence-electron chi connectivity index (χ1n) is 7.46. The van der Waals surface area contributed by atoms with E-state index in [-0.39, 0.29) is 6.10 Å². The molecule has 2 aromatic rings. The number of ether oxygens (including phenoxy) is 2. The average Bonchev–Trinajstić information content (AvgIpc) is 3.08. The fourth-order valence-electron chi connectivity index (χ4n) is 2.82. The minimum absolute atomic E-state index is 0.00463. The molecule has 2 aromatic carbocycles. The number of para-hydroxylation sites is 1. The number of hydrogen-bond acceptors (Lipinski definition) is 3. The monoisotopic (exact) mass is 283 g/mol. The number of methoxy groups -OCH3 is 1. The second-order valence-electron chi connectivity index (χ2n) is 5.33. The van der Waals surface area contributed by atoms with Gasteiger partial charge in [0.05, 0.1) is 7.11 Å². The number of nitrogens with one attached hydrogen (secondary N) is 1. The van der Waals surface area contributed by atoms with Crippen LogP contribution in [-0.2, 0) is 0 Å². The molecule has 0 bridgehead atoms. The van der Waals surface area contributed by atoms with Gasteiger partial charge in [0.1, 0.15) is 17.6 Å². The lowest BCUT2D eigenvalue weighted by Crippen LogP contribution is -2.32. The molecule has 0 saturated carbocycles. The average molecular weight is 283 g/mol. The molecule has 1 aliphatic rings. The number of benzene rings is 2. The molecule has 0 radical (unpaired) electrons. The van der Waals surface area contributed by atoms with Crippen molar-refractivity contribution in [3.05, 3.63) is 60.2 Å². The quantitative estimate of drug-likeness (QED) is 0.910. The van der Waals surface area contributed by atoms with Crippen LogP contribution in [0.3, 0.4) is 0 Å². The van der Waals surface area contributed by atoms with Gasteiger partial charge < -0.3 is 14.8 Å². The van der Waals surface area contributed by atoms with Gasteiger partial charge in [0.2, 0.25) is 0 Å². The first-order chi connectivity index (χ1) is 10.4. The van der Waals surface area contributed by atoms with E-state index in [4.69, 9.17) is 9.47 Å². The van der Waals surface area contributed by atoms with E-state index in [9.17, 15) is 0 Å². The molecule has 0 aliphatic carbocycles. The molecule has 1 N–H and O–H groups in total. The molecule has 3 heteroatoms. The summed E-state index contributed by atoms with van der Waals surface area (Å²) in [6.07, 6.45) is 2.34. The van der Waals surface area contributed by atoms with Gasteiger partial charge in [0.25, 0.3) is 0 Å². The second kappa shape index (κ2) is 6.64. The van der Waals surface area contributed by atoms with E-state index in [1.54, 1.807) is 7.11 Å². The Balaban J connectivity index is 1.87. The van der Waals surface area contributed by atoms with Crippen LogP contribution >= 0.6 is 0 Å². The Morgan fingerprint density at radius 1 is 1.05 bits per heavy atom. The molecule has 0 amide bonds. The lowest BCUT2D eigenvalue weighted by atomic mass is 10.0. The molecule has 0 spiro atoms. The van der Waals surface area contributed by atoms with Gasteiger partial charge in [-0.2, -0.15) is 0 Å². The molecular formula is C18H21NO2. The Bertz CT molecular complexity index is 564. The van der Waals surface area contributed by atoms with Gasteiger partial charge in [-0.25, -0.2) is 0 Å².